The monoisotopic (exact) mass is 426 g/mol. The lowest BCUT2D eigenvalue weighted by molar-refractivity contribution is 0.214. The van der Waals surface area contributed by atoms with Gasteiger partial charge in [0.05, 0.1) is 13.2 Å². The molecule has 0 atom stereocenters. The third-order valence-electron chi connectivity index (χ3n) is 5.13. The van der Waals surface area contributed by atoms with Crippen molar-refractivity contribution in [3.63, 3.8) is 0 Å². The van der Waals surface area contributed by atoms with Crippen molar-refractivity contribution in [3.05, 3.63) is 66.2 Å². The van der Waals surface area contributed by atoms with Crippen molar-refractivity contribution in [2.24, 2.45) is 0 Å². The Morgan fingerprint density at radius 2 is 1.70 bits per heavy atom. The molecule has 0 unspecified atom stereocenters. The SMILES string of the molecule is Fc1ccc(-n2c(CN3CCCCC3)nnc2SCCCOc2ccccc2)cc1. The summed E-state index contributed by atoms with van der Waals surface area (Å²) in [6.45, 7) is 3.61. The van der Waals surface area contributed by atoms with Gasteiger partial charge in [0, 0.05) is 11.4 Å². The zero-order valence-electron chi connectivity index (χ0n) is 17.0. The summed E-state index contributed by atoms with van der Waals surface area (Å²) >= 11 is 1.66. The van der Waals surface area contributed by atoms with Crippen LogP contribution < -0.4 is 4.74 Å². The van der Waals surface area contributed by atoms with E-state index in [1.807, 2.05) is 30.3 Å². The molecule has 1 fully saturated rings. The van der Waals surface area contributed by atoms with E-state index in [9.17, 15) is 4.39 Å². The highest BCUT2D eigenvalue weighted by molar-refractivity contribution is 7.99. The molecule has 0 aliphatic carbocycles. The summed E-state index contributed by atoms with van der Waals surface area (Å²) in [5.41, 5.74) is 0.899. The van der Waals surface area contributed by atoms with Gasteiger partial charge in [-0.3, -0.25) is 9.47 Å². The van der Waals surface area contributed by atoms with Crippen molar-refractivity contribution in [1.29, 1.82) is 0 Å². The number of benzene rings is 2. The molecule has 0 radical (unpaired) electrons. The number of halogens is 1. The summed E-state index contributed by atoms with van der Waals surface area (Å²) in [5, 5.41) is 9.77. The summed E-state index contributed by atoms with van der Waals surface area (Å²) in [4.78, 5) is 2.43. The maximum Gasteiger partial charge on any atom is 0.195 e. The van der Waals surface area contributed by atoms with Crippen LogP contribution in [0.3, 0.4) is 0 Å². The smallest absolute Gasteiger partial charge is 0.195 e. The maximum atomic E-state index is 13.5. The van der Waals surface area contributed by atoms with Gasteiger partial charge in [-0.15, -0.1) is 10.2 Å². The number of hydrogen-bond acceptors (Lipinski definition) is 5. The van der Waals surface area contributed by atoms with E-state index < -0.39 is 0 Å². The third-order valence-corrected chi connectivity index (χ3v) is 6.15. The number of aromatic nitrogens is 3. The zero-order valence-corrected chi connectivity index (χ0v) is 17.9. The second-order valence-corrected chi connectivity index (χ2v) is 8.47. The Labute approximate surface area is 181 Å². The van der Waals surface area contributed by atoms with Crippen LogP contribution in [-0.2, 0) is 6.54 Å². The highest BCUT2D eigenvalue weighted by Gasteiger charge is 2.18. The van der Waals surface area contributed by atoms with Gasteiger partial charge in [-0.1, -0.05) is 36.4 Å². The van der Waals surface area contributed by atoms with Gasteiger partial charge in [0.2, 0.25) is 0 Å². The number of piperidine rings is 1. The Morgan fingerprint density at radius 1 is 0.933 bits per heavy atom. The second-order valence-electron chi connectivity index (χ2n) is 7.41. The lowest BCUT2D eigenvalue weighted by Crippen LogP contribution is -2.30. The standard InChI is InChI=1S/C23H27FN4OS/c24-19-10-12-20(13-11-19)28-22(18-27-14-5-2-6-15-27)25-26-23(28)30-17-7-16-29-21-8-3-1-4-9-21/h1,3-4,8-13H,2,5-7,14-18H2. The minimum absolute atomic E-state index is 0.239. The van der Waals surface area contributed by atoms with Gasteiger partial charge < -0.3 is 4.74 Å². The van der Waals surface area contributed by atoms with Gasteiger partial charge in [0.1, 0.15) is 11.6 Å². The molecule has 0 N–H and O–H groups in total. The molecule has 4 rings (SSSR count). The van der Waals surface area contributed by atoms with Gasteiger partial charge in [0.15, 0.2) is 11.0 Å². The van der Waals surface area contributed by atoms with E-state index in [0.717, 1.165) is 54.2 Å². The molecule has 0 saturated carbocycles. The number of thioether (sulfide) groups is 1. The predicted octanol–water partition coefficient (Wildman–Crippen LogP) is 4.95. The molecule has 1 saturated heterocycles. The van der Waals surface area contributed by atoms with Crippen LogP contribution in [0.25, 0.3) is 5.69 Å². The Bertz CT molecular complexity index is 911. The fourth-order valence-electron chi connectivity index (χ4n) is 3.59. The first-order chi connectivity index (χ1) is 14.8. The fourth-order valence-corrected chi connectivity index (χ4v) is 4.48. The molecular weight excluding hydrogens is 399 g/mol. The number of hydrogen-bond donors (Lipinski definition) is 0. The van der Waals surface area contributed by atoms with Gasteiger partial charge in [0.25, 0.3) is 0 Å². The molecule has 3 aromatic rings. The van der Waals surface area contributed by atoms with Crippen LogP contribution in [0.4, 0.5) is 4.39 Å². The number of likely N-dealkylation sites (tertiary alicyclic amines) is 1. The first-order valence-electron chi connectivity index (χ1n) is 10.5. The van der Waals surface area contributed by atoms with Gasteiger partial charge >= 0.3 is 0 Å². The fraction of sp³-hybridized carbons (Fsp3) is 0.391. The van der Waals surface area contributed by atoms with E-state index in [0.29, 0.717) is 6.61 Å². The first-order valence-corrected chi connectivity index (χ1v) is 11.5. The van der Waals surface area contributed by atoms with Crippen LogP contribution in [0.1, 0.15) is 31.5 Å². The van der Waals surface area contributed by atoms with Crippen LogP contribution >= 0.6 is 11.8 Å². The van der Waals surface area contributed by atoms with Crippen molar-refractivity contribution in [2.75, 3.05) is 25.4 Å². The van der Waals surface area contributed by atoms with E-state index in [1.165, 1.54) is 31.4 Å². The van der Waals surface area contributed by atoms with Crippen molar-refractivity contribution in [1.82, 2.24) is 19.7 Å². The molecule has 158 valence electrons. The summed E-state index contributed by atoms with van der Waals surface area (Å²) in [6.07, 6.45) is 4.66. The minimum atomic E-state index is -0.239. The molecule has 0 amide bonds. The van der Waals surface area contributed by atoms with Gasteiger partial charge in [-0.2, -0.15) is 0 Å². The largest absolute Gasteiger partial charge is 0.494 e. The van der Waals surface area contributed by atoms with Crippen molar-refractivity contribution in [3.8, 4) is 11.4 Å². The quantitative estimate of drug-likeness (QED) is 0.358. The topological polar surface area (TPSA) is 43.2 Å². The van der Waals surface area contributed by atoms with Crippen molar-refractivity contribution < 1.29 is 9.13 Å². The molecule has 2 aromatic carbocycles. The van der Waals surface area contributed by atoms with E-state index >= 15 is 0 Å². The highest BCUT2D eigenvalue weighted by atomic mass is 32.2. The molecule has 30 heavy (non-hydrogen) atoms. The highest BCUT2D eigenvalue weighted by Crippen LogP contribution is 2.24. The van der Waals surface area contributed by atoms with Gasteiger partial charge in [-0.25, -0.2) is 4.39 Å². The first kappa shape index (κ1) is 20.9. The lowest BCUT2D eigenvalue weighted by atomic mass is 10.1. The van der Waals surface area contributed by atoms with E-state index in [4.69, 9.17) is 4.74 Å². The van der Waals surface area contributed by atoms with Crippen LogP contribution in [0, 0.1) is 5.82 Å². The van der Waals surface area contributed by atoms with Crippen LogP contribution in [0.5, 0.6) is 5.75 Å². The third kappa shape index (κ3) is 5.61. The van der Waals surface area contributed by atoms with E-state index in [2.05, 4.69) is 19.7 Å². The summed E-state index contributed by atoms with van der Waals surface area (Å²) < 4.78 is 21.3. The summed E-state index contributed by atoms with van der Waals surface area (Å²) in [5.74, 6) is 2.43. The Balaban J connectivity index is 1.41. The van der Waals surface area contributed by atoms with E-state index in [1.54, 1.807) is 23.9 Å². The number of nitrogens with zero attached hydrogens (tertiary/aromatic N) is 4. The molecule has 5 nitrogen and oxygen atoms in total. The van der Waals surface area contributed by atoms with E-state index in [-0.39, 0.29) is 5.82 Å². The van der Waals surface area contributed by atoms with Crippen molar-refractivity contribution in [2.45, 2.75) is 37.4 Å². The van der Waals surface area contributed by atoms with Crippen LogP contribution in [-0.4, -0.2) is 45.1 Å². The Kier molecular flexibility index (Phi) is 7.37. The summed E-state index contributed by atoms with van der Waals surface area (Å²) in [6, 6.07) is 16.4. The summed E-state index contributed by atoms with van der Waals surface area (Å²) in [7, 11) is 0. The normalized spacial score (nSPS) is 14.7. The molecule has 2 heterocycles. The average molecular weight is 427 g/mol. The zero-order chi connectivity index (χ0) is 20.6. The number of ether oxygens (including phenoxy) is 1. The number of para-hydroxylation sites is 1. The van der Waals surface area contributed by atoms with Gasteiger partial charge in [-0.05, 0) is 68.8 Å². The number of rotatable bonds is 9. The molecule has 0 bridgehead atoms. The predicted molar refractivity (Wildman–Crippen MR) is 118 cm³/mol. The van der Waals surface area contributed by atoms with Crippen LogP contribution in [0.15, 0.2) is 59.8 Å². The second kappa shape index (κ2) is 10.6. The average Bonchev–Trinajstić information content (AvgIpc) is 3.18. The maximum absolute atomic E-state index is 13.5. The molecular formula is C23H27FN4OS. The molecule has 1 aliphatic heterocycles. The Hall–Kier alpha value is -2.38. The Morgan fingerprint density at radius 3 is 2.47 bits per heavy atom. The minimum Gasteiger partial charge on any atom is -0.494 e. The molecule has 7 heteroatoms. The molecule has 1 aromatic heterocycles. The lowest BCUT2D eigenvalue weighted by Gasteiger charge is -2.26. The molecule has 0 spiro atoms. The van der Waals surface area contributed by atoms with Crippen LogP contribution in [0.2, 0.25) is 0 Å². The molecule has 1 aliphatic rings. The van der Waals surface area contributed by atoms with Crippen molar-refractivity contribution >= 4 is 11.8 Å².